The minimum absolute atomic E-state index is 0.0663. The van der Waals surface area contributed by atoms with Crippen molar-refractivity contribution in [3.8, 4) is 0 Å². The highest BCUT2D eigenvalue weighted by Gasteiger charge is 2.07. The quantitative estimate of drug-likeness (QED) is 0.815. The van der Waals surface area contributed by atoms with Crippen LogP contribution in [0.3, 0.4) is 0 Å². The number of carbonyl (C=O) groups excluding carboxylic acids is 1. The maximum absolute atomic E-state index is 11.8. The number of rotatable bonds is 7. The van der Waals surface area contributed by atoms with Crippen LogP contribution in [0.1, 0.15) is 19.4 Å². The molecule has 1 rings (SSSR count). The molecule has 0 aromatic carbocycles. The first-order chi connectivity index (χ1) is 8.97. The van der Waals surface area contributed by atoms with Crippen LogP contribution >= 0.6 is 0 Å². The Hall–Kier alpha value is -1.46. The van der Waals surface area contributed by atoms with Crippen molar-refractivity contribution >= 4 is 11.7 Å². The Bertz CT molecular complexity index is 390. The number of hydrogen-bond donors (Lipinski definition) is 1. The van der Waals surface area contributed by atoms with Crippen molar-refractivity contribution < 1.29 is 9.53 Å². The Labute approximate surface area is 115 Å². The lowest BCUT2D eigenvalue weighted by Crippen LogP contribution is -2.33. The molecule has 5 heteroatoms. The fraction of sp³-hybridized carbons (Fsp3) is 0.571. The van der Waals surface area contributed by atoms with Gasteiger partial charge in [0.15, 0.2) is 0 Å². The summed E-state index contributed by atoms with van der Waals surface area (Å²) < 4.78 is 5.44. The molecular formula is C14H23N3O2. The summed E-state index contributed by atoms with van der Waals surface area (Å²) in [5.74, 6) is 0.519. The van der Waals surface area contributed by atoms with Crippen LogP contribution in [0.4, 0.5) is 5.82 Å². The zero-order valence-electron chi connectivity index (χ0n) is 12.1. The van der Waals surface area contributed by atoms with Crippen LogP contribution in [-0.4, -0.2) is 48.6 Å². The lowest BCUT2D eigenvalue weighted by molar-refractivity contribution is -0.117. The molecule has 0 bridgehead atoms. The standard InChI is InChI=1S/C14H23N3O2/c1-11(2)19-8-7-17(4)10-14(18)16-13-6-5-12(3)9-15-13/h5-6,9,11H,7-8,10H2,1-4H3,(H,15,16,18). The highest BCUT2D eigenvalue weighted by atomic mass is 16.5. The summed E-state index contributed by atoms with van der Waals surface area (Å²) in [6.45, 7) is 7.64. The van der Waals surface area contributed by atoms with E-state index in [1.54, 1.807) is 12.3 Å². The van der Waals surface area contributed by atoms with Gasteiger partial charge in [-0.15, -0.1) is 0 Å². The molecule has 1 heterocycles. The average Bonchev–Trinajstić information content (AvgIpc) is 2.31. The second-order valence-electron chi connectivity index (χ2n) is 4.93. The Morgan fingerprint density at radius 1 is 1.47 bits per heavy atom. The van der Waals surface area contributed by atoms with Crippen LogP contribution in [0.15, 0.2) is 18.3 Å². The Morgan fingerprint density at radius 2 is 2.21 bits per heavy atom. The fourth-order valence-electron chi connectivity index (χ4n) is 1.49. The van der Waals surface area contributed by atoms with Gasteiger partial charge in [-0.05, 0) is 39.4 Å². The molecule has 0 aliphatic rings. The second kappa shape index (κ2) is 7.86. The second-order valence-corrected chi connectivity index (χ2v) is 4.93. The van der Waals surface area contributed by atoms with E-state index in [2.05, 4.69) is 10.3 Å². The number of pyridine rings is 1. The first kappa shape index (κ1) is 15.6. The van der Waals surface area contributed by atoms with E-state index in [0.29, 0.717) is 19.0 Å². The molecule has 0 spiro atoms. The minimum atomic E-state index is -0.0663. The van der Waals surface area contributed by atoms with E-state index in [-0.39, 0.29) is 12.0 Å². The monoisotopic (exact) mass is 265 g/mol. The molecule has 0 aliphatic carbocycles. The van der Waals surface area contributed by atoms with Gasteiger partial charge in [0.2, 0.25) is 5.91 Å². The molecule has 19 heavy (non-hydrogen) atoms. The zero-order chi connectivity index (χ0) is 14.3. The first-order valence-corrected chi connectivity index (χ1v) is 6.50. The van der Waals surface area contributed by atoms with Gasteiger partial charge in [-0.1, -0.05) is 6.07 Å². The number of anilines is 1. The molecule has 5 nitrogen and oxygen atoms in total. The summed E-state index contributed by atoms with van der Waals surface area (Å²) in [4.78, 5) is 17.8. The van der Waals surface area contributed by atoms with Crippen molar-refractivity contribution in [1.82, 2.24) is 9.88 Å². The smallest absolute Gasteiger partial charge is 0.239 e. The van der Waals surface area contributed by atoms with E-state index in [1.807, 2.05) is 38.8 Å². The van der Waals surface area contributed by atoms with Crippen LogP contribution in [0, 0.1) is 6.92 Å². The Balaban J connectivity index is 2.28. The van der Waals surface area contributed by atoms with E-state index < -0.39 is 0 Å². The molecule has 0 aliphatic heterocycles. The summed E-state index contributed by atoms with van der Waals surface area (Å²) >= 11 is 0. The summed E-state index contributed by atoms with van der Waals surface area (Å²) in [5.41, 5.74) is 1.07. The number of carbonyl (C=O) groups is 1. The number of ether oxygens (including phenoxy) is 1. The number of nitrogens with zero attached hydrogens (tertiary/aromatic N) is 2. The molecule has 1 aromatic rings. The predicted molar refractivity (Wildman–Crippen MR) is 76.2 cm³/mol. The topological polar surface area (TPSA) is 54.5 Å². The van der Waals surface area contributed by atoms with Crippen molar-refractivity contribution in [3.05, 3.63) is 23.9 Å². The van der Waals surface area contributed by atoms with Gasteiger partial charge in [0, 0.05) is 12.7 Å². The van der Waals surface area contributed by atoms with Crippen molar-refractivity contribution in [3.63, 3.8) is 0 Å². The van der Waals surface area contributed by atoms with Gasteiger partial charge in [-0.2, -0.15) is 0 Å². The molecule has 106 valence electrons. The van der Waals surface area contributed by atoms with Gasteiger partial charge in [0.05, 0.1) is 19.3 Å². The largest absolute Gasteiger partial charge is 0.377 e. The van der Waals surface area contributed by atoms with Crippen LogP contribution in [0.5, 0.6) is 0 Å². The van der Waals surface area contributed by atoms with Gasteiger partial charge in [0.1, 0.15) is 5.82 Å². The Kier molecular flexibility index (Phi) is 6.45. The third-order valence-electron chi connectivity index (χ3n) is 2.52. The van der Waals surface area contributed by atoms with Gasteiger partial charge in [-0.25, -0.2) is 4.98 Å². The molecule has 1 N–H and O–H groups in total. The molecule has 0 unspecified atom stereocenters. The predicted octanol–water partition coefficient (Wildman–Crippen LogP) is 1.69. The van der Waals surface area contributed by atoms with Crippen LogP contribution in [0.25, 0.3) is 0 Å². The number of amides is 1. The third kappa shape index (κ3) is 6.88. The summed E-state index contributed by atoms with van der Waals surface area (Å²) in [6.07, 6.45) is 1.95. The Morgan fingerprint density at radius 3 is 2.79 bits per heavy atom. The van der Waals surface area contributed by atoms with E-state index in [1.165, 1.54) is 0 Å². The maximum atomic E-state index is 11.8. The number of aryl methyl sites for hydroxylation is 1. The van der Waals surface area contributed by atoms with Gasteiger partial charge >= 0.3 is 0 Å². The van der Waals surface area contributed by atoms with E-state index in [4.69, 9.17) is 4.74 Å². The van der Waals surface area contributed by atoms with Gasteiger partial charge < -0.3 is 10.1 Å². The number of nitrogens with one attached hydrogen (secondary N) is 1. The number of aromatic nitrogens is 1. The highest BCUT2D eigenvalue weighted by Crippen LogP contribution is 2.03. The summed E-state index contributed by atoms with van der Waals surface area (Å²) in [7, 11) is 1.89. The van der Waals surface area contributed by atoms with Crippen molar-refractivity contribution in [1.29, 1.82) is 0 Å². The molecule has 0 saturated carbocycles. The van der Waals surface area contributed by atoms with E-state index in [9.17, 15) is 4.79 Å². The highest BCUT2D eigenvalue weighted by molar-refractivity contribution is 5.91. The first-order valence-electron chi connectivity index (χ1n) is 6.50. The zero-order valence-corrected chi connectivity index (χ0v) is 12.1. The van der Waals surface area contributed by atoms with Crippen LogP contribution in [-0.2, 0) is 9.53 Å². The lowest BCUT2D eigenvalue weighted by Gasteiger charge is -2.17. The van der Waals surface area contributed by atoms with Gasteiger partial charge in [0.25, 0.3) is 0 Å². The minimum Gasteiger partial charge on any atom is -0.377 e. The maximum Gasteiger partial charge on any atom is 0.239 e. The SMILES string of the molecule is Cc1ccc(NC(=O)CN(C)CCOC(C)C)nc1. The van der Waals surface area contributed by atoms with Crippen LogP contribution < -0.4 is 5.32 Å². The lowest BCUT2D eigenvalue weighted by atomic mass is 10.3. The van der Waals surface area contributed by atoms with Crippen molar-refractivity contribution in [2.45, 2.75) is 26.9 Å². The van der Waals surface area contributed by atoms with Crippen molar-refractivity contribution in [2.75, 3.05) is 32.1 Å². The molecule has 0 radical (unpaired) electrons. The van der Waals surface area contributed by atoms with E-state index in [0.717, 1.165) is 12.1 Å². The van der Waals surface area contributed by atoms with E-state index >= 15 is 0 Å². The van der Waals surface area contributed by atoms with Crippen LogP contribution in [0.2, 0.25) is 0 Å². The van der Waals surface area contributed by atoms with Gasteiger partial charge in [-0.3, -0.25) is 9.69 Å². The molecule has 0 fully saturated rings. The molecule has 1 amide bonds. The van der Waals surface area contributed by atoms with Crippen molar-refractivity contribution in [2.24, 2.45) is 0 Å². The molecule has 0 atom stereocenters. The number of likely N-dealkylation sites (N-methyl/N-ethyl adjacent to an activating group) is 1. The molecule has 0 saturated heterocycles. The summed E-state index contributed by atoms with van der Waals surface area (Å²) in [6, 6.07) is 3.72. The fourth-order valence-corrected chi connectivity index (χ4v) is 1.49. The number of hydrogen-bond acceptors (Lipinski definition) is 4. The average molecular weight is 265 g/mol. The molecular weight excluding hydrogens is 242 g/mol. The summed E-state index contributed by atoms with van der Waals surface area (Å²) in [5, 5.41) is 2.77. The normalized spacial score (nSPS) is 11.1. The third-order valence-corrected chi connectivity index (χ3v) is 2.52. The molecule has 1 aromatic heterocycles.